The lowest BCUT2D eigenvalue weighted by Crippen LogP contribution is -2.20. The van der Waals surface area contributed by atoms with Crippen molar-refractivity contribution in [1.82, 2.24) is 9.97 Å². The number of aromatic nitrogens is 2. The topological polar surface area (TPSA) is 83.8 Å². The first-order valence-electron chi connectivity index (χ1n) is 7.17. The Bertz CT molecular complexity index is 679. The minimum Gasteiger partial charge on any atom is -0.399 e. The minimum atomic E-state index is -0.149. The molecule has 1 fully saturated rings. The summed E-state index contributed by atoms with van der Waals surface area (Å²) in [6.07, 6.45) is 3.85. The Balaban J connectivity index is 1.82. The van der Waals surface area contributed by atoms with Crippen LogP contribution in [0.2, 0.25) is 0 Å². The Morgan fingerprint density at radius 1 is 1.45 bits per heavy atom. The van der Waals surface area contributed by atoms with E-state index in [4.69, 9.17) is 5.73 Å². The van der Waals surface area contributed by atoms with Gasteiger partial charge in [-0.2, -0.15) is 0 Å². The van der Waals surface area contributed by atoms with Crippen molar-refractivity contribution >= 4 is 22.5 Å². The van der Waals surface area contributed by atoms with Gasteiger partial charge in [0.15, 0.2) is 0 Å². The van der Waals surface area contributed by atoms with Gasteiger partial charge in [-0.3, -0.25) is 9.78 Å². The second-order valence-corrected chi connectivity index (χ2v) is 5.74. The van der Waals surface area contributed by atoms with Gasteiger partial charge in [-0.15, -0.1) is 0 Å². The number of benzene rings is 1. The number of hydrogen-bond acceptors (Lipinski definition) is 4. The summed E-state index contributed by atoms with van der Waals surface area (Å²) in [5.41, 5.74) is 6.79. The quantitative estimate of drug-likeness (QED) is 0.749. The van der Waals surface area contributed by atoms with Crippen molar-refractivity contribution in [2.75, 3.05) is 17.6 Å². The fraction of sp³-hybridized carbons (Fsp3) is 0.467. The molecule has 3 rings (SSSR count). The van der Waals surface area contributed by atoms with Gasteiger partial charge in [-0.1, -0.05) is 19.8 Å². The number of nitrogens with zero attached hydrogens (tertiary/aromatic N) is 1. The van der Waals surface area contributed by atoms with E-state index in [1.54, 1.807) is 18.2 Å². The summed E-state index contributed by atoms with van der Waals surface area (Å²) in [6.45, 7) is 3.16. The molecule has 5 heteroatoms. The zero-order valence-electron chi connectivity index (χ0n) is 11.6. The van der Waals surface area contributed by atoms with E-state index in [1.807, 2.05) is 0 Å². The smallest absolute Gasteiger partial charge is 0.260 e. The zero-order valence-corrected chi connectivity index (χ0v) is 11.6. The monoisotopic (exact) mass is 272 g/mol. The van der Waals surface area contributed by atoms with Gasteiger partial charge in [0.2, 0.25) is 5.95 Å². The third kappa shape index (κ3) is 2.48. The van der Waals surface area contributed by atoms with Crippen LogP contribution in [0.4, 0.5) is 11.6 Å². The van der Waals surface area contributed by atoms with Gasteiger partial charge in [-0.05, 0) is 36.5 Å². The molecule has 1 aliphatic rings. The van der Waals surface area contributed by atoms with Gasteiger partial charge in [0.05, 0.1) is 10.9 Å². The Morgan fingerprint density at radius 2 is 2.30 bits per heavy atom. The molecule has 2 aromatic rings. The second kappa shape index (κ2) is 5.15. The Hall–Kier alpha value is -2.04. The number of nitrogens with two attached hydrogens (primary N) is 1. The van der Waals surface area contributed by atoms with Gasteiger partial charge in [0, 0.05) is 12.2 Å². The van der Waals surface area contributed by atoms with Crippen molar-refractivity contribution in [3.8, 4) is 0 Å². The van der Waals surface area contributed by atoms with Crippen LogP contribution in [-0.2, 0) is 0 Å². The van der Waals surface area contributed by atoms with Crippen LogP contribution in [0.1, 0.15) is 26.2 Å². The SMILES string of the molecule is CC1CCCC1CNc1nc2ccc(N)cc2c(=O)[nH]1. The highest BCUT2D eigenvalue weighted by molar-refractivity contribution is 5.81. The van der Waals surface area contributed by atoms with Crippen LogP contribution < -0.4 is 16.6 Å². The van der Waals surface area contributed by atoms with Crippen LogP contribution in [0.3, 0.4) is 0 Å². The van der Waals surface area contributed by atoms with Gasteiger partial charge in [0.1, 0.15) is 0 Å². The van der Waals surface area contributed by atoms with Crippen LogP contribution in [0.15, 0.2) is 23.0 Å². The lowest BCUT2D eigenvalue weighted by Gasteiger charge is -2.16. The lowest BCUT2D eigenvalue weighted by atomic mass is 9.98. The average Bonchev–Trinajstić information content (AvgIpc) is 2.83. The number of fused-ring (bicyclic) bond motifs is 1. The summed E-state index contributed by atoms with van der Waals surface area (Å²) in [6, 6.07) is 5.20. The summed E-state index contributed by atoms with van der Waals surface area (Å²) in [5, 5.41) is 3.80. The van der Waals surface area contributed by atoms with Crippen molar-refractivity contribution in [2.45, 2.75) is 26.2 Å². The summed E-state index contributed by atoms with van der Waals surface area (Å²) >= 11 is 0. The van der Waals surface area contributed by atoms with Gasteiger partial charge in [-0.25, -0.2) is 4.98 Å². The van der Waals surface area contributed by atoms with Crippen LogP contribution in [0.25, 0.3) is 10.9 Å². The molecule has 20 heavy (non-hydrogen) atoms. The third-order valence-corrected chi connectivity index (χ3v) is 4.30. The highest BCUT2D eigenvalue weighted by Crippen LogP contribution is 2.30. The number of hydrogen-bond donors (Lipinski definition) is 3. The fourth-order valence-electron chi connectivity index (χ4n) is 2.99. The van der Waals surface area contributed by atoms with E-state index in [9.17, 15) is 4.79 Å². The molecule has 2 atom stereocenters. The maximum atomic E-state index is 12.0. The van der Waals surface area contributed by atoms with Crippen LogP contribution in [0, 0.1) is 11.8 Å². The molecular weight excluding hydrogens is 252 g/mol. The summed E-state index contributed by atoms with van der Waals surface area (Å²) in [4.78, 5) is 19.2. The van der Waals surface area contributed by atoms with E-state index in [-0.39, 0.29) is 5.56 Å². The molecule has 5 nitrogen and oxygen atoms in total. The first-order valence-corrected chi connectivity index (χ1v) is 7.17. The maximum Gasteiger partial charge on any atom is 0.260 e. The van der Waals surface area contributed by atoms with E-state index in [0.717, 1.165) is 12.5 Å². The molecule has 0 amide bonds. The van der Waals surface area contributed by atoms with Crippen LogP contribution in [0.5, 0.6) is 0 Å². The number of aromatic amines is 1. The molecular formula is C15H20N4O. The molecule has 106 valence electrons. The molecule has 4 N–H and O–H groups in total. The van der Waals surface area contributed by atoms with Crippen LogP contribution in [-0.4, -0.2) is 16.5 Å². The predicted molar refractivity (Wildman–Crippen MR) is 81.8 cm³/mol. The molecule has 1 saturated carbocycles. The largest absolute Gasteiger partial charge is 0.399 e. The molecule has 0 radical (unpaired) electrons. The molecule has 0 bridgehead atoms. The second-order valence-electron chi connectivity index (χ2n) is 5.74. The molecule has 1 aromatic carbocycles. The number of rotatable bonds is 3. The third-order valence-electron chi connectivity index (χ3n) is 4.30. The molecule has 2 unspecified atom stereocenters. The number of H-pyrrole nitrogens is 1. The van der Waals surface area contributed by atoms with Crippen molar-refractivity contribution in [1.29, 1.82) is 0 Å². The van der Waals surface area contributed by atoms with Crippen molar-refractivity contribution in [3.05, 3.63) is 28.6 Å². The summed E-state index contributed by atoms with van der Waals surface area (Å²) < 4.78 is 0. The summed E-state index contributed by atoms with van der Waals surface area (Å²) in [7, 11) is 0. The van der Waals surface area contributed by atoms with Crippen molar-refractivity contribution < 1.29 is 0 Å². The fourth-order valence-corrected chi connectivity index (χ4v) is 2.99. The Labute approximate surface area is 117 Å². The molecule has 0 spiro atoms. The lowest BCUT2D eigenvalue weighted by molar-refractivity contribution is 0.439. The average molecular weight is 272 g/mol. The van der Waals surface area contributed by atoms with Gasteiger partial charge >= 0.3 is 0 Å². The minimum absolute atomic E-state index is 0.149. The summed E-state index contributed by atoms with van der Waals surface area (Å²) in [5.74, 6) is 1.96. The number of nitrogens with one attached hydrogen (secondary N) is 2. The number of anilines is 2. The standard InChI is InChI=1S/C15H20N4O/c1-9-3-2-4-10(9)8-17-15-18-13-6-5-11(16)7-12(13)14(20)19-15/h5-7,9-10H,2-4,8,16H2,1H3,(H2,17,18,19,20). The van der Waals surface area contributed by atoms with Crippen molar-refractivity contribution in [3.63, 3.8) is 0 Å². The van der Waals surface area contributed by atoms with E-state index in [2.05, 4.69) is 22.2 Å². The highest BCUT2D eigenvalue weighted by Gasteiger charge is 2.23. The van der Waals surface area contributed by atoms with Gasteiger partial charge < -0.3 is 11.1 Å². The first-order chi connectivity index (χ1) is 9.63. The maximum absolute atomic E-state index is 12.0. The molecule has 1 aromatic heterocycles. The van der Waals surface area contributed by atoms with E-state index in [0.29, 0.717) is 28.5 Å². The Morgan fingerprint density at radius 3 is 3.05 bits per heavy atom. The molecule has 1 aliphatic carbocycles. The molecule has 1 heterocycles. The van der Waals surface area contributed by atoms with Crippen LogP contribution >= 0.6 is 0 Å². The van der Waals surface area contributed by atoms with Crippen molar-refractivity contribution in [2.24, 2.45) is 11.8 Å². The van der Waals surface area contributed by atoms with E-state index >= 15 is 0 Å². The molecule has 0 saturated heterocycles. The van der Waals surface area contributed by atoms with E-state index < -0.39 is 0 Å². The zero-order chi connectivity index (χ0) is 14.1. The normalized spacial score (nSPS) is 22.2. The van der Waals surface area contributed by atoms with E-state index in [1.165, 1.54) is 19.3 Å². The first kappa shape index (κ1) is 13.0. The number of nitrogen functional groups attached to an aromatic ring is 1. The predicted octanol–water partition coefficient (Wildman–Crippen LogP) is 2.35. The highest BCUT2D eigenvalue weighted by atomic mass is 16.1. The van der Waals surface area contributed by atoms with Gasteiger partial charge in [0.25, 0.3) is 5.56 Å². The molecule has 0 aliphatic heterocycles. The Kier molecular flexibility index (Phi) is 3.34.